The summed E-state index contributed by atoms with van der Waals surface area (Å²) in [6, 6.07) is 4.69. The third-order valence-corrected chi connectivity index (χ3v) is 2.94. The van der Waals surface area contributed by atoms with Gasteiger partial charge in [0.25, 0.3) is 0 Å². The first kappa shape index (κ1) is 17.6. The summed E-state index contributed by atoms with van der Waals surface area (Å²) in [5, 5.41) is 4.29. The number of benzene rings is 1. The Hall–Kier alpha value is 0.244. The zero-order valence-electron chi connectivity index (χ0n) is 10.3. The molecule has 2 N–H and O–H groups in total. The number of hydrogen-bond acceptors (Lipinski definition) is 0. The minimum absolute atomic E-state index is 0. The van der Waals surface area contributed by atoms with E-state index in [1.807, 2.05) is 7.05 Å². The second-order valence-electron chi connectivity index (χ2n) is 3.66. The molecule has 0 aromatic heterocycles. The summed E-state index contributed by atoms with van der Waals surface area (Å²) in [6.07, 6.45) is 0. The normalized spacial score (nSPS) is 11.3. The first-order chi connectivity index (χ1) is 6.07. The third-order valence-electron chi connectivity index (χ3n) is 2.94. The van der Waals surface area contributed by atoms with Crippen molar-refractivity contribution in [1.29, 1.82) is 0 Å². The minimum Gasteiger partial charge on any atom is -0.693 e. The molecule has 0 saturated carbocycles. The molecule has 80 valence electrons. The monoisotopic (exact) mass is 281 g/mol. The molecule has 1 unspecified atom stereocenters. The number of aryl methyl sites for hydroxylation is 1. The molecule has 0 heterocycles. The van der Waals surface area contributed by atoms with E-state index in [0.29, 0.717) is 6.04 Å². The van der Waals surface area contributed by atoms with Crippen LogP contribution in [0.15, 0.2) is 12.1 Å². The van der Waals surface area contributed by atoms with Crippen LogP contribution in [0.1, 0.15) is 35.2 Å². The average molecular weight is 281 g/mol. The minimum atomic E-state index is 0. The van der Waals surface area contributed by atoms with Gasteiger partial charge in [-0.2, -0.15) is 7.05 Å². The van der Waals surface area contributed by atoms with Crippen molar-refractivity contribution >= 4 is 0 Å². The summed E-state index contributed by atoms with van der Waals surface area (Å²) in [5.41, 5.74) is 5.50. The van der Waals surface area contributed by atoms with Crippen LogP contribution in [0.3, 0.4) is 0 Å². The van der Waals surface area contributed by atoms with E-state index >= 15 is 0 Å². The van der Waals surface area contributed by atoms with Crippen LogP contribution in [0, 0.1) is 20.8 Å². The smallest absolute Gasteiger partial charge is 0.693 e. The largest absolute Gasteiger partial charge is 3.00 e. The Morgan fingerprint density at radius 1 is 1.07 bits per heavy atom. The van der Waals surface area contributed by atoms with E-state index in [2.05, 4.69) is 45.1 Å². The van der Waals surface area contributed by atoms with Crippen LogP contribution in [0.2, 0.25) is 0 Å². The van der Waals surface area contributed by atoms with Crippen LogP contribution < -0.4 is 0 Å². The van der Waals surface area contributed by atoms with Crippen LogP contribution in [0.5, 0.6) is 0 Å². The van der Waals surface area contributed by atoms with Gasteiger partial charge in [-0.3, -0.25) is 0 Å². The molecular formula is C12H20N2Y+. The standard InChI is InChI=1S/C12H18N.H2N.Y/c1-8-6-7-12(11(4)13-5)10(3)9(8)2;;/h6-7,11H,1-5H3;1H2;/q2*-1;+3. The Morgan fingerprint density at radius 2 is 1.60 bits per heavy atom. The van der Waals surface area contributed by atoms with Gasteiger partial charge in [0.1, 0.15) is 0 Å². The van der Waals surface area contributed by atoms with E-state index in [4.69, 9.17) is 0 Å². The number of nitrogens with zero attached hydrogens (tertiary/aromatic N) is 1. The Kier molecular flexibility index (Phi) is 8.82. The molecule has 1 rings (SSSR count). The quantitative estimate of drug-likeness (QED) is 0.772. The molecule has 0 radical (unpaired) electrons. The van der Waals surface area contributed by atoms with Gasteiger partial charge in [0, 0.05) is 0 Å². The van der Waals surface area contributed by atoms with Crippen LogP contribution in [0.25, 0.3) is 11.5 Å². The summed E-state index contributed by atoms with van der Waals surface area (Å²) >= 11 is 0. The van der Waals surface area contributed by atoms with Gasteiger partial charge in [-0.15, -0.1) is 6.04 Å². The molecular weight excluding hydrogens is 261 g/mol. The Balaban J connectivity index is 0. The summed E-state index contributed by atoms with van der Waals surface area (Å²) in [6.45, 7) is 8.65. The zero-order valence-corrected chi connectivity index (χ0v) is 13.2. The molecule has 1 aromatic rings. The molecule has 0 amide bonds. The van der Waals surface area contributed by atoms with E-state index in [1.165, 1.54) is 22.3 Å². The van der Waals surface area contributed by atoms with Crippen molar-refractivity contribution in [1.82, 2.24) is 0 Å². The summed E-state index contributed by atoms with van der Waals surface area (Å²) in [7, 11) is 1.87. The van der Waals surface area contributed by atoms with Crippen LogP contribution >= 0.6 is 0 Å². The van der Waals surface area contributed by atoms with E-state index in [0.717, 1.165) is 0 Å². The molecule has 0 aliphatic heterocycles. The third kappa shape index (κ3) is 3.95. The SMILES string of the molecule is C[N-]C(C)c1ccc(C)c(C)c1C.[NH2-].[Y+3]. The molecule has 1 atom stereocenters. The van der Waals surface area contributed by atoms with Crippen molar-refractivity contribution in [3.8, 4) is 0 Å². The molecule has 0 aliphatic carbocycles. The molecule has 3 heteroatoms. The van der Waals surface area contributed by atoms with Crippen molar-refractivity contribution in [3.63, 3.8) is 0 Å². The van der Waals surface area contributed by atoms with Gasteiger partial charge in [0.05, 0.1) is 0 Å². The van der Waals surface area contributed by atoms with E-state index in [9.17, 15) is 0 Å². The molecule has 0 bridgehead atoms. The van der Waals surface area contributed by atoms with Gasteiger partial charge in [0.2, 0.25) is 0 Å². The Morgan fingerprint density at radius 3 is 2.07 bits per heavy atom. The van der Waals surface area contributed by atoms with Crippen molar-refractivity contribution in [2.45, 2.75) is 33.7 Å². The molecule has 0 spiro atoms. The van der Waals surface area contributed by atoms with E-state index < -0.39 is 0 Å². The summed E-state index contributed by atoms with van der Waals surface area (Å²) in [5.74, 6) is 0. The Bertz CT molecular complexity index is 311. The van der Waals surface area contributed by atoms with E-state index in [1.54, 1.807) is 0 Å². The van der Waals surface area contributed by atoms with Gasteiger partial charge in [-0.1, -0.05) is 24.6 Å². The van der Waals surface area contributed by atoms with Crippen molar-refractivity contribution in [3.05, 3.63) is 45.9 Å². The van der Waals surface area contributed by atoms with Gasteiger partial charge in [-0.25, -0.2) is 0 Å². The van der Waals surface area contributed by atoms with Crippen LogP contribution in [0.4, 0.5) is 0 Å². The first-order valence-corrected chi connectivity index (χ1v) is 4.73. The molecule has 0 aliphatic rings. The van der Waals surface area contributed by atoms with Gasteiger partial charge in [-0.05, 0) is 37.5 Å². The molecule has 15 heavy (non-hydrogen) atoms. The second-order valence-corrected chi connectivity index (χ2v) is 3.66. The Labute approximate surface area is 119 Å². The summed E-state index contributed by atoms with van der Waals surface area (Å²) < 4.78 is 0. The first-order valence-electron chi connectivity index (χ1n) is 4.73. The topological polar surface area (TPSA) is 47.6 Å². The molecule has 1 aromatic carbocycles. The maximum absolute atomic E-state index is 4.29. The second kappa shape index (κ2) is 7.51. The van der Waals surface area contributed by atoms with Gasteiger partial charge in [0.15, 0.2) is 0 Å². The van der Waals surface area contributed by atoms with Crippen molar-refractivity contribution in [2.24, 2.45) is 0 Å². The maximum Gasteiger partial charge on any atom is 3.00 e. The zero-order chi connectivity index (χ0) is 10.0. The van der Waals surface area contributed by atoms with Crippen molar-refractivity contribution in [2.75, 3.05) is 7.05 Å². The maximum atomic E-state index is 4.29. The predicted octanol–water partition coefficient (Wildman–Crippen LogP) is 4.39. The van der Waals surface area contributed by atoms with Crippen LogP contribution in [-0.4, -0.2) is 7.05 Å². The van der Waals surface area contributed by atoms with E-state index in [-0.39, 0.29) is 38.9 Å². The van der Waals surface area contributed by atoms with Crippen molar-refractivity contribution < 1.29 is 32.7 Å². The fourth-order valence-electron chi connectivity index (χ4n) is 1.57. The fraction of sp³-hybridized carbons (Fsp3) is 0.500. The number of hydrogen-bond donors (Lipinski definition) is 0. The molecule has 2 nitrogen and oxygen atoms in total. The van der Waals surface area contributed by atoms with Crippen LogP contribution in [-0.2, 0) is 32.7 Å². The predicted molar refractivity (Wildman–Crippen MR) is 63.6 cm³/mol. The molecule has 0 saturated heterocycles. The molecule has 0 fully saturated rings. The average Bonchev–Trinajstić information content (AvgIpc) is 2.13. The number of rotatable bonds is 2. The van der Waals surface area contributed by atoms with Gasteiger partial charge >= 0.3 is 32.7 Å². The number of nitrogens with two attached hydrogens (primary N) is 1. The summed E-state index contributed by atoms with van der Waals surface area (Å²) in [4.78, 5) is 0. The van der Waals surface area contributed by atoms with Gasteiger partial charge < -0.3 is 11.5 Å². The fourth-order valence-corrected chi connectivity index (χ4v) is 1.57.